The molecule has 1 saturated heterocycles. The number of amides is 2. The van der Waals surface area contributed by atoms with Gasteiger partial charge in [-0.25, -0.2) is 4.79 Å². The fourth-order valence-corrected chi connectivity index (χ4v) is 8.91. The molecule has 224 valence electrons. The van der Waals surface area contributed by atoms with Crippen LogP contribution in [0, 0.1) is 48.3 Å². The van der Waals surface area contributed by atoms with Gasteiger partial charge in [0.15, 0.2) is 0 Å². The van der Waals surface area contributed by atoms with Gasteiger partial charge in [-0.3, -0.25) is 14.5 Å². The first kappa shape index (κ1) is 28.3. The second kappa shape index (κ2) is 11.6. The first-order valence-corrected chi connectivity index (χ1v) is 16.5. The van der Waals surface area contributed by atoms with Crippen molar-refractivity contribution in [2.45, 2.75) is 77.6 Å². The number of ether oxygens (including phenoxy) is 1. The molecule has 3 saturated carbocycles. The predicted octanol–water partition coefficient (Wildman–Crippen LogP) is 8.03. The molecule has 4 aliphatic carbocycles. The summed E-state index contributed by atoms with van der Waals surface area (Å²) in [6.45, 7) is 4.23. The highest BCUT2D eigenvalue weighted by molar-refractivity contribution is 6.22. The molecule has 2 aromatic carbocycles. The van der Waals surface area contributed by atoms with Crippen molar-refractivity contribution in [2.24, 2.45) is 41.4 Å². The van der Waals surface area contributed by atoms with Gasteiger partial charge in [-0.15, -0.1) is 0 Å². The number of aryl methyl sites for hydroxylation is 1. The Morgan fingerprint density at radius 3 is 2.02 bits per heavy atom. The van der Waals surface area contributed by atoms with Crippen molar-refractivity contribution >= 4 is 29.5 Å². The van der Waals surface area contributed by atoms with Gasteiger partial charge in [0.1, 0.15) is 5.75 Å². The van der Waals surface area contributed by atoms with Crippen molar-refractivity contribution in [3.63, 3.8) is 0 Å². The summed E-state index contributed by atoms with van der Waals surface area (Å²) in [6, 6.07) is 13.8. The van der Waals surface area contributed by atoms with Crippen LogP contribution in [0.3, 0.4) is 0 Å². The van der Waals surface area contributed by atoms with Crippen molar-refractivity contribution < 1.29 is 19.1 Å². The SMILES string of the molecule is Cc1cc(N2C(=O)C3C4C=CC(C4)C3C2=O)ccc1OC(=O)/C=C/c1ccc(C2CCC(C3CCC(C)CC3)CC2)cc1. The predicted molar refractivity (Wildman–Crippen MR) is 168 cm³/mol. The Morgan fingerprint density at radius 1 is 0.814 bits per heavy atom. The quantitative estimate of drug-likeness (QED) is 0.115. The molecule has 2 amide bonds. The van der Waals surface area contributed by atoms with E-state index in [0.717, 1.165) is 29.7 Å². The van der Waals surface area contributed by atoms with Gasteiger partial charge in [0.05, 0.1) is 17.5 Å². The number of hydrogen-bond donors (Lipinski definition) is 0. The normalized spacial score (nSPS) is 33.4. The van der Waals surface area contributed by atoms with Crippen LogP contribution in [-0.4, -0.2) is 17.8 Å². The third-order valence-corrected chi connectivity index (χ3v) is 11.4. The molecule has 43 heavy (non-hydrogen) atoms. The molecule has 1 aliphatic heterocycles. The minimum atomic E-state index is -0.458. The Bertz CT molecular complexity index is 1430. The largest absolute Gasteiger partial charge is 0.423 e. The number of carbonyl (C=O) groups is 3. The maximum Gasteiger partial charge on any atom is 0.336 e. The number of carbonyl (C=O) groups excluding carboxylic acids is 3. The van der Waals surface area contributed by atoms with E-state index in [-0.39, 0.29) is 35.5 Å². The summed E-state index contributed by atoms with van der Waals surface area (Å²) in [7, 11) is 0. The van der Waals surface area contributed by atoms with Crippen molar-refractivity contribution in [1.29, 1.82) is 0 Å². The topological polar surface area (TPSA) is 63.7 Å². The van der Waals surface area contributed by atoms with Crippen LogP contribution in [0.15, 0.2) is 60.7 Å². The molecule has 2 bridgehead atoms. The molecule has 4 atom stereocenters. The van der Waals surface area contributed by atoms with Crippen molar-refractivity contribution in [2.75, 3.05) is 4.90 Å². The van der Waals surface area contributed by atoms with E-state index in [1.807, 2.05) is 6.92 Å². The number of anilines is 1. The van der Waals surface area contributed by atoms with Crippen LogP contribution in [0.1, 0.15) is 87.3 Å². The molecule has 0 aromatic heterocycles. The van der Waals surface area contributed by atoms with Crippen LogP contribution in [0.4, 0.5) is 5.69 Å². The Balaban J connectivity index is 0.923. The van der Waals surface area contributed by atoms with Crippen LogP contribution in [0.2, 0.25) is 0 Å². The molecular weight excluding hydrogens is 534 g/mol. The van der Waals surface area contributed by atoms with Gasteiger partial charge < -0.3 is 4.74 Å². The molecule has 0 N–H and O–H groups in total. The monoisotopic (exact) mass is 577 g/mol. The van der Waals surface area contributed by atoms with Gasteiger partial charge in [-0.05, 0) is 128 Å². The van der Waals surface area contributed by atoms with E-state index in [9.17, 15) is 14.4 Å². The third kappa shape index (κ3) is 5.41. The van der Waals surface area contributed by atoms with E-state index < -0.39 is 5.97 Å². The van der Waals surface area contributed by atoms with E-state index in [0.29, 0.717) is 22.9 Å². The third-order valence-electron chi connectivity index (χ3n) is 11.4. The molecule has 5 heteroatoms. The summed E-state index contributed by atoms with van der Waals surface area (Å²) in [5.41, 5.74) is 3.63. The molecule has 0 spiro atoms. The van der Waals surface area contributed by atoms with Gasteiger partial charge in [0, 0.05) is 6.08 Å². The zero-order chi connectivity index (χ0) is 29.7. The smallest absolute Gasteiger partial charge is 0.336 e. The number of benzene rings is 2. The lowest BCUT2D eigenvalue weighted by atomic mass is 9.68. The summed E-state index contributed by atoms with van der Waals surface area (Å²) in [5, 5.41) is 0. The number of rotatable bonds is 6. The average molecular weight is 578 g/mol. The molecule has 4 unspecified atom stereocenters. The number of esters is 1. The van der Waals surface area contributed by atoms with E-state index in [1.54, 1.807) is 24.3 Å². The zero-order valence-corrected chi connectivity index (χ0v) is 25.4. The van der Waals surface area contributed by atoms with Crippen LogP contribution in [-0.2, 0) is 14.4 Å². The van der Waals surface area contributed by atoms with Gasteiger partial charge in [-0.1, -0.05) is 56.2 Å². The lowest BCUT2D eigenvalue weighted by Crippen LogP contribution is -2.32. The number of imide groups is 1. The van der Waals surface area contributed by atoms with Gasteiger partial charge in [0.2, 0.25) is 11.8 Å². The molecule has 5 nitrogen and oxygen atoms in total. The van der Waals surface area contributed by atoms with E-state index >= 15 is 0 Å². The molecule has 0 radical (unpaired) electrons. The van der Waals surface area contributed by atoms with E-state index in [4.69, 9.17) is 4.74 Å². The van der Waals surface area contributed by atoms with Crippen molar-refractivity contribution in [3.05, 3.63) is 77.4 Å². The highest BCUT2D eigenvalue weighted by Crippen LogP contribution is 2.53. The summed E-state index contributed by atoms with van der Waals surface area (Å²) < 4.78 is 5.62. The Hall–Kier alpha value is -3.47. The summed E-state index contributed by atoms with van der Waals surface area (Å²) in [5.74, 6) is 3.09. The maximum absolute atomic E-state index is 13.2. The van der Waals surface area contributed by atoms with Crippen LogP contribution in [0.25, 0.3) is 6.08 Å². The molecule has 1 heterocycles. The summed E-state index contributed by atoms with van der Waals surface area (Å²) in [6.07, 6.45) is 19.4. The highest BCUT2D eigenvalue weighted by Gasteiger charge is 2.59. The maximum atomic E-state index is 13.2. The van der Waals surface area contributed by atoms with Crippen molar-refractivity contribution in [3.8, 4) is 5.75 Å². The minimum absolute atomic E-state index is 0.105. The summed E-state index contributed by atoms with van der Waals surface area (Å²) in [4.78, 5) is 40.3. The highest BCUT2D eigenvalue weighted by atomic mass is 16.5. The van der Waals surface area contributed by atoms with Gasteiger partial charge in [-0.2, -0.15) is 0 Å². The van der Waals surface area contributed by atoms with Gasteiger partial charge in [0.25, 0.3) is 0 Å². The number of allylic oxidation sites excluding steroid dienone is 2. The van der Waals surface area contributed by atoms with E-state index in [2.05, 4.69) is 43.3 Å². The standard InChI is InChI=1S/C38H43NO4/c1-23-3-8-26(9-4-23)28-12-14-29(15-13-28)27-10-5-25(6-11-27)7-20-34(40)43-33-19-18-32(21-24(33)2)39-37(41)35-30-16-17-31(22-30)36(35)38(39)42/h5-7,10-11,16-21,23,26,28-31,35-36H,3-4,8-9,12-15,22H2,1-2H3/b20-7+. The Labute approximate surface area is 255 Å². The molecule has 5 aliphatic rings. The number of hydrogen-bond acceptors (Lipinski definition) is 4. The molecule has 7 rings (SSSR count). The first-order valence-electron chi connectivity index (χ1n) is 16.5. The molecular formula is C38H43NO4. The number of fused-ring (bicyclic) bond motifs is 5. The second-order valence-corrected chi connectivity index (χ2v) is 14.0. The Kier molecular flexibility index (Phi) is 7.61. The molecule has 2 aromatic rings. The first-order chi connectivity index (χ1) is 20.9. The lowest BCUT2D eigenvalue weighted by molar-refractivity contribution is -0.129. The van der Waals surface area contributed by atoms with Crippen LogP contribution >= 0.6 is 0 Å². The lowest BCUT2D eigenvalue weighted by Gasteiger charge is -2.37. The average Bonchev–Trinajstić information content (AvgIpc) is 3.71. The second-order valence-electron chi connectivity index (χ2n) is 14.0. The zero-order valence-electron chi connectivity index (χ0n) is 25.4. The Morgan fingerprint density at radius 2 is 1.42 bits per heavy atom. The van der Waals surface area contributed by atoms with Crippen LogP contribution in [0.5, 0.6) is 5.75 Å². The summed E-state index contributed by atoms with van der Waals surface area (Å²) >= 11 is 0. The fourth-order valence-electron chi connectivity index (χ4n) is 8.91. The molecule has 4 fully saturated rings. The van der Waals surface area contributed by atoms with Gasteiger partial charge >= 0.3 is 5.97 Å². The minimum Gasteiger partial charge on any atom is -0.423 e. The van der Waals surface area contributed by atoms with E-state index in [1.165, 1.54) is 67.9 Å². The number of nitrogens with zero attached hydrogens (tertiary/aromatic N) is 1. The van der Waals surface area contributed by atoms with Crippen molar-refractivity contribution in [1.82, 2.24) is 0 Å². The fraction of sp³-hybridized carbons (Fsp3) is 0.500. The van der Waals surface area contributed by atoms with Crippen LogP contribution < -0.4 is 9.64 Å².